The largest absolute Gasteiger partial charge is 0.310 e. The fourth-order valence-electron chi connectivity index (χ4n) is 3.02. The first-order chi connectivity index (χ1) is 12.1. The van der Waals surface area contributed by atoms with Crippen LogP contribution in [-0.2, 0) is 11.2 Å². The zero-order chi connectivity index (χ0) is 18.1. The highest BCUT2D eigenvalue weighted by atomic mass is 16.2. The highest BCUT2D eigenvalue weighted by Gasteiger charge is 2.20. The summed E-state index contributed by atoms with van der Waals surface area (Å²) in [6, 6.07) is 20.8. The van der Waals surface area contributed by atoms with Gasteiger partial charge in [-0.15, -0.1) is 0 Å². The maximum absolute atomic E-state index is 12.4. The van der Waals surface area contributed by atoms with E-state index in [1.165, 1.54) is 5.56 Å². The fourth-order valence-corrected chi connectivity index (χ4v) is 3.02. The van der Waals surface area contributed by atoms with Crippen LogP contribution in [0.4, 0.5) is 5.69 Å². The van der Waals surface area contributed by atoms with E-state index in [4.69, 9.17) is 0 Å². The van der Waals surface area contributed by atoms with Crippen LogP contribution in [0.3, 0.4) is 0 Å². The van der Waals surface area contributed by atoms with Crippen LogP contribution in [0.25, 0.3) is 0 Å². The monoisotopic (exact) mass is 338 g/mol. The molecule has 2 aromatic rings. The lowest BCUT2D eigenvalue weighted by Crippen LogP contribution is -2.40. The quantitative estimate of drug-likeness (QED) is 0.677. The lowest BCUT2D eigenvalue weighted by atomic mass is 10.1. The van der Waals surface area contributed by atoms with Crippen LogP contribution >= 0.6 is 0 Å². The first-order valence-electron chi connectivity index (χ1n) is 9.21. The average molecular weight is 338 g/mol. The summed E-state index contributed by atoms with van der Waals surface area (Å²) in [5.74, 6) is 0.186. The van der Waals surface area contributed by atoms with Gasteiger partial charge in [-0.05, 0) is 51.1 Å². The van der Waals surface area contributed by atoms with Crippen LogP contribution in [-0.4, -0.2) is 37.0 Å². The number of para-hydroxylation sites is 1. The van der Waals surface area contributed by atoms with Gasteiger partial charge in [-0.25, -0.2) is 0 Å². The summed E-state index contributed by atoms with van der Waals surface area (Å²) in [5, 5.41) is 0. The zero-order valence-electron chi connectivity index (χ0n) is 15.7. The topological polar surface area (TPSA) is 23.6 Å². The van der Waals surface area contributed by atoms with Crippen molar-refractivity contribution in [2.24, 2.45) is 0 Å². The average Bonchev–Trinajstić information content (AvgIpc) is 2.66. The van der Waals surface area contributed by atoms with Crippen LogP contribution in [0, 0.1) is 0 Å². The Balaban J connectivity index is 1.87. The lowest BCUT2D eigenvalue weighted by molar-refractivity contribution is -0.118. The third-order valence-corrected chi connectivity index (χ3v) is 4.60. The molecule has 0 fully saturated rings. The predicted molar refractivity (Wildman–Crippen MR) is 106 cm³/mol. The maximum atomic E-state index is 12.4. The highest BCUT2D eigenvalue weighted by Crippen LogP contribution is 2.19. The van der Waals surface area contributed by atoms with Crippen LogP contribution in [0.15, 0.2) is 60.7 Å². The van der Waals surface area contributed by atoms with Gasteiger partial charge in [0.25, 0.3) is 0 Å². The SMILES string of the molecule is CCC(=O)N(c1ccccc1)C(C)CCN(C)CCc1ccccc1. The Labute approximate surface area is 152 Å². The molecular formula is C22H30N2O. The fraction of sp³-hybridized carbons (Fsp3) is 0.409. The van der Waals surface area contributed by atoms with Crippen molar-refractivity contribution in [1.29, 1.82) is 0 Å². The summed E-state index contributed by atoms with van der Waals surface area (Å²) in [4.78, 5) is 16.7. The normalized spacial score (nSPS) is 12.2. The maximum Gasteiger partial charge on any atom is 0.226 e. The number of anilines is 1. The van der Waals surface area contributed by atoms with Gasteiger partial charge in [-0.1, -0.05) is 55.5 Å². The second-order valence-electron chi connectivity index (χ2n) is 6.63. The van der Waals surface area contributed by atoms with E-state index in [0.29, 0.717) is 6.42 Å². The molecule has 2 rings (SSSR count). The molecule has 25 heavy (non-hydrogen) atoms. The van der Waals surface area contributed by atoms with E-state index in [2.05, 4.69) is 49.2 Å². The molecule has 1 atom stereocenters. The van der Waals surface area contributed by atoms with E-state index in [9.17, 15) is 4.79 Å². The van der Waals surface area contributed by atoms with Gasteiger partial charge in [0.1, 0.15) is 0 Å². The summed E-state index contributed by atoms with van der Waals surface area (Å²) in [6.45, 7) is 6.08. The van der Waals surface area contributed by atoms with Crippen LogP contribution in [0.5, 0.6) is 0 Å². The van der Waals surface area contributed by atoms with Crippen molar-refractivity contribution in [2.75, 3.05) is 25.0 Å². The molecule has 1 amide bonds. The molecule has 0 aromatic heterocycles. The van der Waals surface area contributed by atoms with Gasteiger partial charge in [0.2, 0.25) is 5.91 Å². The van der Waals surface area contributed by atoms with E-state index in [0.717, 1.165) is 31.6 Å². The molecular weight excluding hydrogens is 308 g/mol. The number of carbonyl (C=O) groups excluding carboxylic acids is 1. The number of hydrogen-bond donors (Lipinski definition) is 0. The standard InChI is InChI=1S/C22H30N2O/c1-4-22(25)24(21-13-9-6-10-14-21)19(2)15-17-23(3)18-16-20-11-7-5-8-12-20/h5-14,19H,4,15-18H2,1-3H3. The molecule has 0 aliphatic heterocycles. The second kappa shape index (κ2) is 10.00. The van der Waals surface area contributed by atoms with E-state index in [1.54, 1.807) is 0 Å². The van der Waals surface area contributed by atoms with Gasteiger partial charge in [-0.3, -0.25) is 4.79 Å². The Bertz CT molecular complexity index is 627. The molecule has 0 saturated carbocycles. The van der Waals surface area contributed by atoms with Crippen molar-refractivity contribution in [3.63, 3.8) is 0 Å². The van der Waals surface area contributed by atoms with E-state index >= 15 is 0 Å². The van der Waals surface area contributed by atoms with E-state index < -0.39 is 0 Å². The van der Waals surface area contributed by atoms with Crippen LogP contribution < -0.4 is 4.90 Å². The Hall–Kier alpha value is -2.13. The summed E-state index contributed by atoms with van der Waals surface area (Å²) >= 11 is 0. The number of rotatable bonds is 9. The molecule has 3 heteroatoms. The smallest absolute Gasteiger partial charge is 0.226 e. The van der Waals surface area contributed by atoms with Gasteiger partial charge in [0.05, 0.1) is 0 Å². The minimum atomic E-state index is 0.186. The number of carbonyl (C=O) groups is 1. The molecule has 134 valence electrons. The predicted octanol–water partition coefficient (Wildman–Crippen LogP) is 4.38. The Morgan fingerprint density at radius 1 is 0.960 bits per heavy atom. The summed E-state index contributed by atoms with van der Waals surface area (Å²) < 4.78 is 0. The first kappa shape index (κ1) is 19.2. The summed E-state index contributed by atoms with van der Waals surface area (Å²) in [6.07, 6.45) is 2.55. The molecule has 0 bridgehead atoms. The molecule has 0 heterocycles. The molecule has 1 unspecified atom stereocenters. The third kappa shape index (κ3) is 6.02. The molecule has 0 saturated heterocycles. The van der Waals surface area contributed by atoms with Crippen LogP contribution in [0.2, 0.25) is 0 Å². The van der Waals surface area contributed by atoms with Crippen molar-refractivity contribution in [1.82, 2.24) is 4.90 Å². The second-order valence-corrected chi connectivity index (χ2v) is 6.63. The molecule has 0 radical (unpaired) electrons. The molecule has 0 N–H and O–H groups in total. The van der Waals surface area contributed by atoms with Gasteiger partial charge < -0.3 is 9.80 Å². The van der Waals surface area contributed by atoms with Gasteiger partial charge in [0.15, 0.2) is 0 Å². The number of hydrogen-bond acceptors (Lipinski definition) is 2. The van der Waals surface area contributed by atoms with Gasteiger partial charge >= 0.3 is 0 Å². The Morgan fingerprint density at radius 2 is 1.56 bits per heavy atom. The third-order valence-electron chi connectivity index (χ3n) is 4.60. The molecule has 0 spiro atoms. The highest BCUT2D eigenvalue weighted by molar-refractivity contribution is 5.93. The number of benzene rings is 2. The first-order valence-corrected chi connectivity index (χ1v) is 9.21. The van der Waals surface area contributed by atoms with Crippen molar-refractivity contribution in [3.05, 3.63) is 66.2 Å². The molecule has 2 aromatic carbocycles. The van der Waals surface area contributed by atoms with Crippen LogP contribution in [0.1, 0.15) is 32.3 Å². The number of amides is 1. The van der Waals surface area contributed by atoms with Crippen molar-refractivity contribution >= 4 is 11.6 Å². The van der Waals surface area contributed by atoms with Crippen molar-refractivity contribution < 1.29 is 4.79 Å². The number of likely N-dealkylation sites (N-methyl/N-ethyl adjacent to an activating group) is 1. The summed E-state index contributed by atoms with van der Waals surface area (Å²) in [5.41, 5.74) is 2.36. The lowest BCUT2D eigenvalue weighted by Gasteiger charge is -2.30. The van der Waals surface area contributed by atoms with Crippen molar-refractivity contribution in [2.45, 2.75) is 39.2 Å². The molecule has 0 aliphatic rings. The summed E-state index contributed by atoms with van der Waals surface area (Å²) in [7, 11) is 2.16. The van der Waals surface area contributed by atoms with Gasteiger partial charge in [-0.2, -0.15) is 0 Å². The van der Waals surface area contributed by atoms with E-state index in [1.807, 2.05) is 42.2 Å². The minimum Gasteiger partial charge on any atom is -0.310 e. The molecule has 0 aliphatic carbocycles. The number of nitrogens with zero attached hydrogens (tertiary/aromatic N) is 2. The zero-order valence-corrected chi connectivity index (χ0v) is 15.7. The Morgan fingerprint density at radius 3 is 2.16 bits per heavy atom. The van der Waals surface area contributed by atoms with Crippen molar-refractivity contribution in [3.8, 4) is 0 Å². The molecule has 3 nitrogen and oxygen atoms in total. The van der Waals surface area contributed by atoms with Gasteiger partial charge in [0, 0.05) is 24.7 Å². The van der Waals surface area contributed by atoms with E-state index in [-0.39, 0.29) is 11.9 Å². The Kier molecular flexibility index (Phi) is 7.68. The minimum absolute atomic E-state index is 0.186.